The molecule has 1 amide bonds. The van der Waals surface area contributed by atoms with Crippen molar-refractivity contribution in [3.8, 4) is 0 Å². The maximum absolute atomic E-state index is 12.5. The van der Waals surface area contributed by atoms with Gasteiger partial charge in [-0.2, -0.15) is 0 Å². The number of amides is 1. The normalized spacial score (nSPS) is 12.3. The number of esters is 1. The average Bonchev–Trinajstić information content (AvgIpc) is 2.60. The van der Waals surface area contributed by atoms with E-state index in [0.29, 0.717) is 12.2 Å². The standard InChI is InChI=1S/C21H25NO3/c1-5-25-19(23)17-13-11-16(12-14-17)18(15-9-7-6-8-10-15)22-20(24)21(2,3)4/h6-14,18H,5H2,1-4H3,(H,22,24)/t18-/m0/s1. The fourth-order valence-electron chi connectivity index (χ4n) is 2.38. The van der Waals surface area contributed by atoms with E-state index in [0.717, 1.165) is 11.1 Å². The molecule has 0 aliphatic heterocycles. The quantitative estimate of drug-likeness (QED) is 0.834. The van der Waals surface area contributed by atoms with E-state index in [-0.39, 0.29) is 17.9 Å². The van der Waals surface area contributed by atoms with Crippen molar-refractivity contribution < 1.29 is 14.3 Å². The van der Waals surface area contributed by atoms with Gasteiger partial charge >= 0.3 is 5.97 Å². The molecule has 0 saturated carbocycles. The molecule has 132 valence electrons. The van der Waals surface area contributed by atoms with E-state index in [2.05, 4.69) is 5.32 Å². The molecule has 0 heterocycles. The van der Waals surface area contributed by atoms with E-state index in [1.165, 1.54) is 0 Å². The molecule has 0 saturated heterocycles. The minimum atomic E-state index is -0.488. The molecule has 0 spiro atoms. The first-order valence-electron chi connectivity index (χ1n) is 8.46. The summed E-state index contributed by atoms with van der Waals surface area (Å²) in [5.41, 5.74) is 1.91. The Balaban J connectivity index is 2.32. The Hall–Kier alpha value is -2.62. The minimum absolute atomic E-state index is 0.0316. The van der Waals surface area contributed by atoms with Crippen LogP contribution >= 0.6 is 0 Å². The molecule has 1 atom stereocenters. The lowest BCUT2D eigenvalue weighted by atomic mass is 9.92. The molecular weight excluding hydrogens is 314 g/mol. The van der Waals surface area contributed by atoms with Gasteiger partial charge in [-0.15, -0.1) is 0 Å². The number of ether oxygens (including phenoxy) is 1. The van der Waals surface area contributed by atoms with Crippen LogP contribution in [0, 0.1) is 5.41 Å². The molecule has 25 heavy (non-hydrogen) atoms. The van der Waals surface area contributed by atoms with Crippen LogP contribution < -0.4 is 5.32 Å². The van der Waals surface area contributed by atoms with Crippen LogP contribution in [0.1, 0.15) is 55.2 Å². The second-order valence-corrected chi connectivity index (χ2v) is 6.91. The summed E-state index contributed by atoms with van der Waals surface area (Å²) in [6, 6.07) is 16.7. The zero-order valence-corrected chi connectivity index (χ0v) is 15.2. The first-order valence-corrected chi connectivity index (χ1v) is 8.46. The monoisotopic (exact) mass is 339 g/mol. The van der Waals surface area contributed by atoms with Gasteiger partial charge in [0, 0.05) is 5.41 Å². The lowest BCUT2D eigenvalue weighted by molar-refractivity contribution is -0.129. The maximum atomic E-state index is 12.5. The third kappa shape index (κ3) is 4.92. The van der Waals surface area contributed by atoms with Crippen molar-refractivity contribution in [1.29, 1.82) is 0 Å². The summed E-state index contributed by atoms with van der Waals surface area (Å²) in [5.74, 6) is -0.375. The van der Waals surface area contributed by atoms with Gasteiger partial charge < -0.3 is 10.1 Å². The number of carbonyl (C=O) groups is 2. The van der Waals surface area contributed by atoms with Crippen LogP contribution in [-0.4, -0.2) is 18.5 Å². The number of benzene rings is 2. The fraction of sp³-hybridized carbons (Fsp3) is 0.333. The Morgan fingerprint density at radius 1 is 0.960 bits per heavy atom. The molecule has 0 aromatic heterocycles. The highest BCUT2D eigenvalue weighted by atomic mass is 16.5. The minimum Gasteiger partial charge on any atom is -0.462 e. The predicted octanol–water partition coefficient (Wildman–Crippen LogP) is 4.12. The van der Waals surface area contributed by atoms with E-state index in [9.17, 15) is 9.59 Å². The van der Waals surface area contributed by atoms with Crippen LogP contribution in [-0.2, 0) is 9.53 Å². The van der Waals surface area contributed by atoms with Gasteiger partial charge in [0.05, 0.1) is 18.2 Å². The van der Waals surface area contributed by atoms with E-state index in [4.69, 9.17) is 4.74 Å². The summed E-state index contributed by atoms with van der Waals surface area (Å²) in [7, 11) is 0. The highest BCUT2D eigenvalue weighted by molar-refractivity contribution is 5.89. The van der Waals surface area contributed by atoms with Gasteiger partial charge in [-0.1, -0.05) is 63.2 Å². The molecular formula is C21H25NO3. The number of nitrogens with one attached hydrogen (secondary N) is 1. The third-order valence-electron chi connectivity index (χ3n) is 3.84. The largest absolute Gasteiger partial charge is 0.462 e. The summed E-state index contributed by atoms with van der Waals surface area (Å²) in [6.07, 6.45) is 0. The Bertz CT molecular complexity index is 715. The van der Waals surface area contributed by atoms with Gasteiger partial charge in [-0.05, 0) is 30.2 Å². The molecule has 2 aromatic rings. The first kappa shape index (κ1) is 18.7. The lowest BCUT2D eigenvalue weighted by Gasteiger charge is -2.25. The molecule has 0 radical (unpaired) electrons. The molecule has 0 fully saturated rings. The van der Waals surface area contributed by atoms with Crippen molar-refractivity contribution in [3.05, 3.63) is 71.3 Å². The van der Waals surface area contributed by atoms with Gasteiger partial charge in [0.25, 0.3) is 0 Å². The second-order valence-electron chi connectivity index (χ2n) is 6.91. The molecule has 0 aliphatic carbocycles. The zero-order valence-electron chi connectivity index (χ0n) is 15.2. The van der Waals surface area contributed by atoms with E-state index >= 15 is 0 Å². The lowest BCUT2D eigenvalue weighted by Crippen LogP contribution is -2.37. The Morgan fingerprint density at radius 2 is 1.52 bits per heavy atom. The molecule has 2 aromatic carbocycles. The molecule has 0 unspecified atom stereocenters. The third-order valence-corrected chi connectivity index (χ3v) is 3.84. The van der Waals surface area contributed by atoms with Crippen LogP contribution in [0.3, 0.4) is 0 Å². The van der Waals surface area contributed by atoms with Crippen molar-refractivity contribution in [2.45, 2.75) is 33.7 Å². The molecule has 4 heteroatoms. The topological polar surface area (TPSA) is 55.4 Å². The van der Waals surface area contributed by atoms with Crippen molar-refractivity contribution in [2.75, 3.05) is 6.61 Å². The highest BCUT2D eigenvalue weighted by Crippen LogP contribution is 2.25. The van der Waals surface area contributed by atoms with Crippen molar-refractivity contribution in [2.24, 2.45) is 5.41 Å². The SMILES string of the molecule is CCOC(=O)c1ccc([C@@H](NC(=O)C(C)(C)C)c2ccccc2)cc1. The second kappa shape index (κ2) is 7.97. The Kier molecular flexibility index (Phi) is 5.97. The maximum Gasteiger partial charge on any atom is 0.338 e. The van der Waals surface area contributed by atoms with E-state index in [1.54, 1.807) is 19.1 Å². The summed E-state index contributed by atoms with van der Waals surface area (Å²) in [4.78, 5) is 24.3. The first-order chi connectivity index (χ1) is 11.8. The number of hydrogen-bond acceptors (Lipinski definition) is 3. The van der Waals surface area contributed by atoms with Gasteiger partial charge in [-0.3, -0.25) is 4.79 Å². The van der Waals surface area contributed by atoms with Gasteiger partial charge in [0.2, 0.25) is 5.91 Å². The summed E-state index contributed by atoms with van der Waals surface area (Å²) in [5, 5.41) is 3.11. The summed E-state index contributed by atoms with van der Waals surface area (Å²) >= 11 is 0. The van der Waals surface area contributed by atoms with Crippen LogP contribution in [0.2, 0.25) is 0 Å². The average molecular weight is 339 g/mol. The zero-order chi connectivity index (χ0) is 18.4. The Labute approximate surface area is 149 Å². The molecule has 0 aliphatic rings. The van der Waals surface area contributed by atoms with Gasteiger partial charge in [0.15, 0.2) is 0 Å². The molecule has 4 nitrogen and oxygen atoms in total. The Morgan fingerprint density at radius 3 is 2.04 bits per heavy atom. The van der Waals surface area contributed by atoms with Crippen LogP contribution in [0.15, 0.2) is 54.6 Å². The van der Waals surface area contributed by atoms with Gasteiger partial charge in [-0.25, -0.2) is 4.79 Å². The molecule has 0 bridgehead atoms. The number of carbonyl (C=O) groups excluding carboxylic acids is 2. The van der Waals surface area contributed by atoms with Crippen LogP contribution in [0.5, 0.6) is 0 Å². The van der Waals surface area contributed by atoms with Crippen molar-refractivity contribution in [1.82, 2.24) is 5.32 Å². The van der Waals surface area contributed by atoms with Crippen LogP contribution in [0.4, 0.5) is 0 Å². The smallest absolute Gasteiger partial charge is 0.338 e. The van der Waals surface area contributed by atoms with Crippen molar-refractivity contribution >= 4 is 11.9 Å². The highest BCUT2D eigenvalue weighted by Gasteiger charge is 2.25. The van der Waals surface area contributed by atoms with E-state index in [1.807, 2.05) is 63.2 Å². The predicted molar refractivity (Wildman–Crippen MR) is 98.3 cm³/mol. The number of hydrogen-bond donors (Lipinski definition) is 1. The number of rotatable bonds is 5. The summed E-state index contributed by atoms with van der Waals surface area (Å²) < 4.78 is 5.01. The summed E-state index contributed by atoms with van der Waals surface area (Å²) in [6.45, 7) is 7.77. The van der Waals surface area contributed by atoms with Crippen molar-refractivity contribution in [3.63, 3.8) is 0 Å². The fourth-order valence-corrected chi connectivity index (χ4v) is 2.38. The van der Waals surface area contributed by atoms with Gasteiger partial charge in [0.1, 0.15) is 0 Å². The van der Waals surface area contributed by atoms with E-state index < -0.39 is 5.41 Å². The molecule has 2 rings (SSSR count). The molecule has 1 N–H and O–H groups in total. The van der Waals surface area contributed by atoms with Crippen LogP contribution in [0.25, 0.3) is 0 Å².